The predicted octanol–water partition coefficient (Wildman–Crippen LogP) is 8.25. The van der Waals surface area contributed by atoms with Gasteiger partial charge in [0.1, 0.15) is 43.1 Å². The molecule has 1 fully saturated rings. The number of nitrogens with zero attached hydrogens (tertiary/aromatic N) is 4. The summed E-state index contributed by atoms with van der Waals surface area (Å²) in [6.45, 7) is 5.86. The van der Waals surface area contributed by atoms with Crippen LogP contribution in [-0.4, -0.2) is 163 Å². The Bertz CT molecular complexity index is 3950. The SMILES string of the molecule is COc1cc(C(=O)NCCOCCOCCOCCNC(=O)c2ccc(C(=O)O)c(C3=c4cc5c6c(c4Oc4c3cc3c7c4CCCN7CCCC3)CCC[N+]=6CCCC5)c2)ccc1NCC#Cc1cc2c(N[C@@H]3CCN(C)C[C@@H]3F)cccc2n1CC(F)(F)F. The molecule has 12 rings (SSSR count). The van der Waals surface area contributed by atoms with Gasteiger partial charge in [0.25, 0.3) is 11.8 Å². The van der Waals surface area contributed by atoms with Gasteiger partial charge in [0.05, 0.1) is 87.4 Å². The second-order valence-electron chi connectivity index (χ2n) is 24.3. The number of carboxylic acids is 1. The number of aromatic carboxylic acids is 1. The second-order valence-corrected chi connectivity index (χ2v) is 24.3. The summed E-state index contributed by atoms with van der Waals surface area (Å²) in [7, 11) is 3.31. The minimum absolute atomic E-state index is 0.0517. The van der Waals surface area contributed by atoms with Gasteiger partial charge in [-0.05, 0) is 149 Å². The van der Waals surface area contributed by atoms with E-state index >= 15 is 0 Å². The second kappa shape index (κ2) is 28.1. The van der Waals surface area contributed by atoms with Gasteiger partial charge in [0.2, 0.25) is 5.36 Å². The molecule has 0 bridgehead atoms. The molecule has 0 saturated carbocycles. The molecule has 5 aromatic carbocycles. The molecule has 6 aliphatic heterocycles. The Labute approximate surface area is 526 Å². The first-order valence-corrected chi connectivity index (χ1v) is 32.0. The Hall–Kier alpha value is -8.16. The van der Waals surface area contributed by atoms with E-state index in [4.69, 9.17) is 23.7 Å². The number of nitrogens with one attached hydrogen (secondary N) is 4. The zero-order chi connectivity index (χ0) is 63.2. The van der Waals surface area contributed by atoms with Crippen molar-refractivity contribution in [1.82, 2.24) is 24.7 Å². The maximum absolute atomic E-state index is 14.9. The molecule has 1 saturated heterocycles. The highest BCUT2D eigenvalue weighted by atomic mass is 19.4. The third-order valence-corrected chi connectivity index (χ3v) is 18.2. The van der Waals surface area contributed by atoms with Crippen LogP contribution in [0.15, 0.2) is 72.8 Å². The van der Waals surface area contributed by atoms with Crippen molar-refractivity contribution in [3.05, 3.63) is 139 Å². The lowest BCUT2D eigenvalue weighted by Crippen LogP contribution is -2.46. The third-order valence-electron chi connectivity index (χ3n) is 18.2. The first-order valence-electron chi connectivity index (χ1n) is 32.0. The lowest BCUT2D eigenvalue weighted by molar-refractivity contribution is -0.140. The zero-order valence-electron chi connectivity index (χ0n) is 51.7. The van der Waals surface area contributed by atoms with Crippen molar-refractivity contribution < 1.29 is 60.7 Å². The first-order chi connectivity index (χ1) is 44.2. The number of piperidine rings is 1. The third kappa shape index (κ3) is 14.0. The monoisotopic (exact) mass is 1250 g/mol. The number of carboxylic acid groups (broad SMARTS) is 1. The highest BCUT2D eigenvalue weighted by molar-refractivity contribution is 6.03. The Morgan fingerprint density at radius 2 is 1.46 bits per heavy atom. The van der Waals surface area contributed by atoms with Crippen molar-refractivity contribution in [2.45, 2.75) is 95.6 Å². The number of carbonyl (C=O) groups excluding carboxylic acids is 2. The average Bonchev–Trinajstić information content (AvgIpc) is 1.09. The molecular formula is C70H79F4N8O9+. The Morgan fingerprint density at radius 3 is 2.22 bits per heavy atom. The van der Waals surface area contributed by atoms with Gasteiger partial charge in [-0.15, -0.1) is 0 Å². The molecule has 5 N–H and O–H groups in total. The molecule has 0 aliphatic carbocycles. The van der Waals surface area contributed by atoms with Gasteiger partial charge in [-0.2, -0.15) is 13.2 Å². The fraction of sp³-hybridized carbons (Fsp3) is 0.457. The van der Waals surface area contributed by atoms with Crippen LogP contribution in [-0.2, 0) is 46.4 Å². The smallest absolute Gasteiger partial charge is 0.406 e. The minimum Gasteiger partial charge on any atom is -0.495 e. The number of anilines is 3. The quantitative estimate of drug-likeness (QED) is 0.0190. The van der Waals surface area contributed by atoms with Crippen molar-refractivity contribution in [1.29, 1.82) is 0 Å². The summed E-state index contributed by atoms with van der Waals surface area (Å²) in [6.07, 6.45) is 4.94. The number of carbonyl (C=O) groups is 3. The highest BCUT2D eigenvalue weighted by Gasteiger charge is 2.37. The minimum atomic E-state index is -4.51. The number of ether oxygens (including phenoxy) is 5. The van der Waals surface area contributed by atoms with Crippen molar-refractivity contribution in [2.24, 2.45) is 0 Å². The van der Waals surface area contributed by atoms with E-state index in [0.717, 1.165) is 123 Å². The number of hydrogen-bond acceptors (Lipinski definition) is 12. The van der Waals surface area contributed by atoms with Gasteiger partial charge >= 0.3 is 12.1 Å². The summed E-state index contributed by atoms with van der Waals surface area (Å²) in [5.74, 6) is 6.07. The number of likely N-dealkylation sites (tertiary alicyclic amines) is 1. The molecule has 17 nitrogen and oxygen atoms in total. The van der Waals surface area contributed by atoms with E-state index in [2.05, 4.69) is 54.7 Å². The molecule has 6 aromatic rings. The molecular weight excluding hydrogens is 1170 g/mol. The number of amides is 2. The van der Waals surface area contributed by atoms with Crippen LogP contribution in [0.3, 0.4) is 0 Å². The van der Waals surface area contributed by atoms with E-state index in [9.17, 15) is 37.1 Å². The average molecular weight is 1250 g/mol. The summed E-state index contributed by atoms with van der Waals surface area (Å²) in [5.41, 5.74) is 10.8. The van der Waals surface area contributed by atoms with E-state index in [1.54, 1.807) is 60.7 Å². The molecule has 0 unspecified atom stereocenters. The Kier molecular flexibility index (Phi) is 19.5. The number of methoxy groups -OCH3 is 1. The number of aromatic nitrogens is 1. The Morgan fingerprint density at radius 1 is 0.747 bits per heavy atom. The summed E-state index contributed by atoms with van der Waals surface area (Å²) >= 11 is 0. The number of fused-ring (bicyclic) bond motifs is 5. The molecule has 480 valence electrons. The molecule has 0 spiro atoms. The van der Waals surface area contributed by atoms with E-state index < -0.39 is 30.9 Å². The van der Waals surface area contributed by atoms with Crippen LogP contribution in [0.5, 0.6) is 17.2 Å². The number of alkyl halides is 4. The maximum atomic E-state index is 14.9. The first kappa shape index (κ1) is 63.0. The zero-order valence-corrected chi connectivity index (χ0v) is 51.7. The fourth-order valence-corrected chi connectivity index (χ4v) is 14.0. The maximum Gasteiger partial charge on any atom is 0.406 e. The van der Waals surface area contributed by atoms with Crippen LogP contribution in [0.1, 0.15) is 115 Å². The molecule has 21 heteroatoms. The van der Waals surface area contributed by atoms with Gasteiger partial charge in [0, 0.05) is 107 Å². The van der Waals surface area contributed by atoms with Gasteiger partial charge in [-0.1, -0.05) is 12.0 Å². The number of halogens is 4. The highest BCUT2D eigenvalue weighted by Crippen LogP contribution is 2.49. The van der Waals surface area contributed by atoms with E-state index in [0.29, 0.717) is 70.9 Å². The number of benzene rings is 5. The Balaban J connectivity index is 0.599. The molecule has 2 atom stereocenters. The van der Waals surface area contributed by atoms with E-state index in [1.165, 1.54) is 40.4 Å². The number of aryl methyl sites for hydroxylation is 2. The molecule has 2 amide bonds. The van der Waals surface area contributed by atoms with Gasteiger partial charge in [0.15, 0.2) is 0 Å². The van der Waals surface area contributed by atoms with Gasteiger partial charge in [-0.3, -0.25) is 9.59 Å². The lowest BCUT2D eigenvalue weighted by Gasteiger charge is -2.35. The van der Waals surface area contributed by atoms with Crippen molar-refractivity contribution >= 4 is 51.3 Å². The van der Waals surface area contributed by atoms with Crippen LogP contribution in [0.2, 0.25) is 0 Å². The molecule has 91 heavy (non-hydrogen) atoms. The van der Waals surface area contributed by atoms with Crippen LogP contribution in [0, 0.1) is 11.8 Å². The van der Waals surface area contributed by atoms with Crippen LogP contribution >= 0.6 is 0 Å². The normalized spacial score (nSPS) is 17.7. The standard InChI is InChI=1S/C70H78F4N8O9/c1-79-30-22-58(56(71)42-79)78-57-16-7-17-60-53(57)41-48(82(60)43-70(72,73)74)13-8-23-75-59-21-19-47(40-61(59)87-2)68(84)77-25-32-89-34-36-90-35-33-88-31-24-76-67(83)46-18-20-49(69(85)86)52(39-46)62-54-37-44-11-3-5-26-80-28-9-14-50(63(44)80)65(54)91-66-51-15-10-29-81-27-6-4-12-45(64(51)81)38-55(62)66/h7,16-21,37-41,56,58,78H,3-6,9-12,14-15,22-36,42-43H2,1-2H3,(H3-,75,76,77,83,84,85,86)/p+1/t56-,58+/m0/s1. The number of rotatable bonds is 22. The summed E-state index contributed by atoms with van der Waals surface area (Å²) in [6, 6.07) is 20.4. The van der Waals surface area contributed by atoms with Crippen molar-refractivity contribution in [2.75, 3.05) is 128 Å². The lowest BCUT2D eigenvalue weighted by atomic mass is 9.82. The summed E-state index contributed by atoms with van der Waals surface area (Å²) < 4.78 is 90.1. The van der Waals surface area contributed by atoms with E-state index in [1.807, 2.05) is 11.9 Å². The summed E-state index contributed by atoms with van der Waals surface area (Å²) in [5, 5.41) is 25.7. The van der Waals surface area contributed by atoms with Crippen molar-refractivity contribution in [3.8, 4) is 29.1 Å². The van der Waals surface area contributed by atoms with Crippen LogP contribution in [0.4, 0.5) is 34.6 Å². The molecule has 6 aliphatic rings. The van der Waals surface area contributed by atoms with Gasteiger partial charge < -0.3 is 64.4 Å². The van der Waals surface area contributed by atoms with Crippen molar-refractivity contribution in [3.63, 3.8) is 0 Å². The molecule has 7 heterocycles. The van der Waals surface area contributed by atoms with Crippen LogP contribution in [0.25, 0.3) is 16.5 Å². The van der Waals surface area contributed by atoms with E-state index in [-0.39, 0.29) is 75.7 Å². The topological polar surface area (TPSA) is 180 Å². The fourth-order valence-electron chi connectivity index (χ4n) is 14.0. The number of hydrogen-bond donors (Lipinski definition) is 5. The summed E-state index contributed by atoms with van der Waals surface area (Å²) in [4.78, 5) is 44.7. The predicted molar refractivity (Wildman–Crippen MR) is 341 cm³/mol. The largest absolute Gasteiger partial charge is 0.495 e. The van der Waals surface area contributed by atoms with Crippen LogP contribution < -0.4 is 50.8 Å². The van der Waals surface area contributed by atoms with Gasteiger partial charge in [-0.25, -0.2) is 13.8 Å². The molecule has 1 aromatic heterocycles. The molecule has 0 radical (unpaired) electrons.